The fraction of sp³-hybridized carbons (Fsp3) is 0.333. The summed E-state index contributed by atoms with van der Waals surface area (Å²) in [7, 11) is 0. The predicted octanol–water partition coefficient (Wildman–Crippen LogP) is 3.10. The largest absolute Gasteiger partial charge is 0.467 e. The van der Waals surface area contributed by atoms with E-state index < -0.39 is 0 Å². The Bertz CT molecular complexity index is 361. The summed E-state index contributed by atoms with van der Waals surface area (Å²) in [4.78, 5) is 0. The Morgan fingerprint density at radius 3 is 1.82 bits per heavy atom. The summed E-state index contributed by atoms with van der Waals surface area (Å²) in [5, 5.41) is 7.93. The van der Waals surface area contributed by atoms with E-state index in [-0.39, 0.29) is 8.77 Å². The van der Waals surface area contributed by atoms with Crippen LogP contribution in [-0.2, 0) is 9.47 Å². The summed E-state index contributed by atoms with van der Waals surface area (Å²) in [5.74, 6) is 0.748. The van der Waals surface area contributed by atoms with Crippen molar-refractivity contribution in [3.63, 3.8) is 0 Å². The number of thiocarbonyl (C=S) groups is 2. The number of nitrogens with zero attached hydrogens (tertiary/aromatic N) is 2. The molecule has 0 unspecified atom stereocenters. The Morgan fingerprint density at radius 2 is 1.47 bits per heavy atom. The number of thioether (sulfide) groups is 2. The van der Waals surface area contributed by atoms with E-state index in [1.54, 1.807) is 0 Å². The average Bonchev–Trinajstić information content (AvgIpc) is 2.65. The molecule has 17 heavy (non-hydrogen) atoms. The minimum Gasteiger partial charge on any atom is -0.467 e. The van der Waals surface area contributed by atoms with E-state index in [0.717, 1.165) is 8.68 Å². The van der Waals surface area contributed by atoms with Gasteiger partial charge in [0.25, 0.3) is 0 Å². The molecule has 0 aromatic carbocycles. The van der Waals surface area contributed by atoms with Gasteiger partial charge in [-0.3, -0.25) is 0 Å². The zero-order valence-electron chi connectivity index (χ0n) is 8.06. The van der Waals surface area contributed by atoms with E-state index in [1.807, 2.05) is 0 Å². The molecule has 11 heteroatoms. The van der Waals surface area contributed by atoms with Gasteiger partial charge >= 0.3 is 0 Å². The van der Waals surface area contributed by atoms with Crippen molar-refractivity contribution in [3.05, 3.63) is 0 Å². The second-order valence-electron chi connectivity index (χ2n) is 2.18. The van der Waals surface area contributed by atoms with Crippen LogP contribution in [0.15, 0.2) is 8.68 Å². The molecule has 0 spiro atoms. The first-order valence-corrected chi connectivity index (χ1v) is 8.38. The van der Waals surface area contributed by atoms with Gasteiger partial charge in [0, 0.05) is 0 Å². The molecule has 0 aliphatic heterocycles. The summed E-state index contributed by atoms with van der Waals surface area (Å²) in [5.41, 5.74) is 0. The molecule has 1 aromatic heterocycles. The van der Waals surface area contributed by atoms with Crippen LogP contribution >= 0.6 is 84.6 Å². The molecule has 0 saturated heterocycles. The quantitative estimate of drug-likeness (QED) is 0.346. The van der Waals surface area contributed by atoms with Gasteiger partial charge in [-0.15, -0.1) is 10.2 Å². The molecule has 0 N–H and O–H groups in total. The zero-order valence-corrected chi connectivity index (χ0v) is 13.9. The molecule has 1 heterocycles. The highest BCUT2D eigenvalue weighted by atomic mass is 32.2. The minimum atomic E-state index is 0.215. The highest BCUT2D eigenvalue weighted by Crippen LogP contribution is 2.28. The van der Waals surface area contributed by atoms with Crippen LogP contribution in [0.2, 0.25) is 0 Å². The van der Waals surface area contributed by atoms with E-state index in [4.69, 9.17) is 9.47 Å². The van der Waals surface area contributed by atoms with Crippen molar-refractivity contribution < 1.29 is 9.47 Å². The van der Waals surface area contributed by atoms with Gasteiger partial charge in [0.15, 0.2) is 8.68 Å². The topological polar surface area (TPSA) is 44.2 Å². The maximum atomic E-state index is 5.01. The molecule has 0 radical (unpaired) electrons. The highest BCUT2D eigenvalue weighted by Gasteiger charge is 2.06. The molecule has 0 aliphatic rings. The lowest BCUT2D eigenvalue weighted by Gasteiger charge is -1.98. The Kier molecular flexibility index (Phi) is 8.15. The van der Waals surface area contributed by atoms with E-state index in [2.05, 4.69) is 59.9 Å². The lowest BCUT2D eigenvalue weighted by atomic mass is 11.5. The maximum Gasteiger partial charge on any atom is 0.217 e. The van der Waals surface area contributed by atoms with Gasteiger partial charge in [-0.1, -0.05) is 60.1 Å². The Morgan fingerprint density at radius 1 is 1.06 bits per heavy atom. The first kappa shape index (κ1) is 15.8. The van der Waals surface area contributed by atoms with Crippen molar-refractivity contribution in [2.75, 3.05) is 11.9 Å². The molecule has 0 aliphatic carbocycles. The third-order valence-corrected chi connectivity index (χ3v) is 4.46. The van der Waals surface area contributed by atoms with Crippen LogP contribution in [0.1, 0.15) is 0 Å². The van der Waals surface area contributed by atoms with Gasteiger partial charge < -0.3 is 9.47 Å². The second-order valence-corrected chi connectivity index (χ2v) is 7.65. The summed E-state index contributed by atoms with van der Waals surface area (Å²) >= 11 is 21.2. The average molecular weight is 363 g/mol. The van der Waals surface area contributed by atoms with Gasteiger partial charge in [0.2, 0.25) is 8.77 Å². The van der Waals surface area contributed by atoms with Gasteiger partial charge in [0.1, 0.15) is 11.9 Å². The fourth-order valence-corrected chi connectivity index (χ4v) is 3.60. The van der Waals surface area contributed by atoms with Gasteiger partial charge in [-0.2, -0.15) is 0 Å². The first-order chi connectivity index (χ1) is 8.08. The summed E-state index contributed by atoms with van der Waals surface area (Å²) in [6.45, 7) is 0. The summed E-state index contributed by atoms with van der Waals surface area (Å²) in [6, 6.07) is 0. The van der Waals surface area contributed by atoms with Crippen LogP contribution in [0.4, 0.5) is 0 Å². The van der Waals surface area contributed by atoms with Crippen LogP contribution in [-0.4, -0.2) is 30.8 Å². The van der Waals surface area contributed by atoms with E-state index in [0.29, 0.717) is 11.9 Å². The second kappa shape index (κ2) is 8.77. The number of aromatic nitrogens is 2. The molecule has 94 valence electrons. The Labute approximate surface area is 132 Å². The van der Waals surface area contributed by atoms with Gasteiger partial charge in [-0.05, 0) is 24.4 Å². The first-order valence-electron chi connectivity index (χ1n) is 3.88. The molecule has 1 rings (SSSR count). The van der Waals surface area contributed by atoms with Crippen LogP contribution in [0.3, 0.4) is 0 Å². The number of rotatable bonds is 6. The van der Waals surface area contributed by atoms with Crippen molar-refractivity contribution in [1.82, 2.24) is 10.2 Å². The van der Waals surface area contributed by atoms with Crippen molar-refractivity contribution in [1.29, 1.82) is 0 Å². The van der Waals surface area contributed by atoms with Crippen molar-refractivity contribution in [3.8, 4) is 0 Å². The molecule has 0 amide bonds. The number of ether oxygens (including phenoxy) is 2. The molecule has 1 aromatic rings. The van der Waals surface area contributed by atoms with E-state index in [1.165, 1.54) is 34.9 Å². The third-order valence-electron chi connectivity index (χ3n) is 1.12. The standard InChI is InChI=1S/C6H6N2O2S7/c11-5(12)9-1-15-3-7-8-4(17-3)16-2-10-6(13)14/h1-2H2,(H,11,12)(H,13,14). The summed E-state index contributed by atoms with van der Waals surface area (Å²) in [6.07, 6.45) is 0. The molecular weight excluding hydrogens is 357 g/mol. The number of hydrogen-bond acceptors (Lipinski definition) is 9. The van der Waals surface area contributed by atoms with Crippen molar-refractivity contribution in [2.45, 2.75) is 8.68 Å². The third kappa shape index (κ3) is 7.70. The highest BCUT2D eigenvalue weighted by molar-refractivity contribution is 8.11. The van der Waals surface area contributed by atoms with Gasteiger partial charge in [-0.25, -0.2) is 0 Å². The molecule has 0 bridgehead atoms. The smallest absolute Gasteiger partial charge is 0.217 e. The van der Waals surface area contributed by atoms with Gasteiger partial charge in [0.05, 0.1) is 0 Å². The number of hydrogen-bond donors (Lipinski definition) is 2. The van der Waals surface area contributed by atoms with Crippen LogP contribution < -0.4 is 0 Å². The van der Waals surface area contributed by atoms with E-state index >= 15 is 0 Å². The van der Waals surface area contributed by atoms with Crippen LogP contribution in [0.5, 0.6) is 0 Å². The monoisotopic (exact) mass is 362 g/mol. The Hall–Kier alpha value is 0.740. The van der Waals surface area contributed by atoms with E-state index in [9.17, 15) is 0 Å². The molecule has 0 atom stereocenters. The maximum absolute atomic E-state index is 5.01. The SMILES string of the molecule is S=C(S)OCSc1nnc(SCOC(=S)S)s1. The Balaban J connectivity index is 2.27. The summed E-state index contributed by atoms with van der Waals surface area (Å²) < 4.78 is 12.0. The van der Waals surface area contributed by atoms with Crippen molar-refractivity contribution >= 4 is 93.3 Å². The lowest BCUT2D eigenvalue weighted by molar-refractivity contribution is 0.403. The normalized spacial score (nSPS) is 10.0. The van der Waals surface area contributed by atoms with Crippen LogP contribution in [0, 0.1) is 0 Å². The molecular formula is C6H6N2O2S7. The molecule has 4 nitrogen and oxygen atoms in total. The van der Waals surface area contributed by atoms with Crippen LogP contribution in [0.25, 0.3) is 0 Å². The molecule has 0 fully saturated rings. The minimum absolute atomic E-state index is 0.215. The number of thiol groups is 2. The lowest BCUT2D eigenvalue weighted by Crippen LogP contribution is -1.91. The molecule has 0 saturated carbocycles. The van der Waals surface area contributed by atoms with Crippen molar-refractivity contribution in [2.24, 2.45) is 0 Å². The zero-order chi connectivity index (χ0) is 12.7. The fourth-order valence-electron chi connectivity index (χ4n) is 0.574. The predicted molar refractivity (Wildman–Crippen MR) is 86.7 cm³/mol.